The average molecular weight is 520 g/mol. The maximum atomic E-state index is 13.4. The van der Waals surface area contributed by atoms with Crippen molar-refractivity contribution in [3.63, 3.8) is 0 Å². The fraction of sp³-hybridized carbons (Fsp3) is 0.630. The summed E-state index contributed by atoms with van der Waals surface area (Å²) >= 11 is 0. The van der Waals surface area contributed by atoms with E-state index in [1.54, 1.807) is 51.0 Å². The fourth-order valence-corrected chi connectivity index (χ4v) is 4.08. The quantitative estimate of drug-likeness (QED) is 0.447. The largest absolute Gasteiger partial charge is 0.497 e. The second-order valence-electron chi connectivity index (χ2n) is 10.6. The van der Waals surface area contributed by atoms with Gasteiger partial charge < -0.3 is 29.2 Å². The normalized spacial score (nSPS) is 18.0. The molecule has 1 saturated heterocycles. The van der Waals surface area contributed by atoms with Gasteiger partial charge in [0.05, 0.1) is 14.2 Å². The first kappa shape index (κ1) is 29.9. The summed E-state index contributed by atoms with van der Waals surface area (Å²) in [6.07, 6.45) is 0.738. The number of rotatable bonds is 11. The van der Waals surface area contributed by atoms with Crippen molar-refractivity contribution in [2.75, 3.05) is 27.3 Å². The number of hydrogen-bond donors (Lipinski definition) is 1. The number of amides is 3. The van der Waals surface area contributed by atoms with Gasteiger partial charge in [0.1, 0.15) is 35.5 Å². The topological polar surface area (TPSA) is 114 Å². The van der Waals surface area contributed by atoms with Gasteiger partial charge in [-0.15, -0.1) is 0 Å². The Morgan fingerprint density at radius 2 is 1.89 bits per heavy atom. The number of methoxy groups -OCH3 is 2. The predicted octanol–water partition coefficient (Wildman–Crippen LogP) is 3.16. The Morgan fingerprint density at radius 3 is 2.46 bits per heavy atom. The second-order valence-corrected chi connectivity index (χ2v) is 10.6. The number of carbonyl (C=O) groups excluding carboxylic acids is 4. The molecule has 1 N–H and O–H groups in total. The lowest BCUT2D eigenvalue weighted by atomic mass is 10.00. The van der Waals surface area contributed by atoms with Crippen molar-refractivity contribution in [2.24, 2.45) is 5.92 Å². The summed E-state index contributed by atoms with van der Waals surface area (Å²) < 4.78 is 16.1. The van der Waals surface area contributed by atoms with Gasteiger partial charge >= 0.3 is 6.09 Å². The summed E-state index contributed by atoms with van der Waals surface area (Å²) in [7, 11) is 3.09. The molecule has 0 saturated carbocycles. The van der Waals surface area contributed by atoms with Crippen LogP contribution in [0.2, 0.25) is 0 Å². The summed E-state index contributed by atoms with van der Waals surface area (Å²) in [5.74, 6) is 1.00. The zero-order chi connectivity index (χ0) is 27.8. The van der Waals surface area contributed by atoms with Gasteiger partial charge in [0.25, 0.3) is 0 Å². The number of aldehydes is 1. The molecule has 1 aliphatic rings. The number of nitrogens with one attached hydrogen (secondary N) is 1. The van der Waals surface area contributed by atoms with Gasteiger partial charge in [-0.1, -0.05) is 13.8 Å². The van der Waals surface area contributed by atoms with Crippen molar-refractivity contribution in [3.8, 4) is 11.5 Å². The molecule has 1 fully saturated rings. The Hall–Kier alpha value is -3.30. The van der Waals surface area contributed by atoms with Crippen LogP contribution >= 0.6 is 0 Å². The van der Waals surface area contributed by atoms with E-state index in [0.717, 1.165) is 12.0 Å². The van der Waals surface area contributed by atoms with E-state index in [9.17, 15) is 19.2 Å². The zero-order valence-corrected chi connectivity index (χ0v) is 23.0. The van der Waals surface area contributed by atoms with Crippen LogP contribution in [0, 0.1) is 5.92 Å². The molecule has 37 heavy (non-hydrogen) atoms. The molecular weight excluding hydrogens is 478 g/mol. The molecule has 0 bridgehead atoms. The first-order chi connectivity index (χ1) is 17.4. The van der Waals surface area contributed by atoms with E-state index in [4.69, 9.17) is 14.2 Å². The minimum absolute atomic E-state index is 0.0161. The van der Waals surface area contributed by atoms with Gasteiger partial charge in [0, 0.05) is 37.7 Å². The number of nitrogens with zero attached hydrogens (tertiary/aromatic N) is 2. The van der Waals surface area contributed by atoms with Crippen LogP contribution in [0.25, 0.3) is 0 Å². The molecule has 0 aliphatic carbocycles. The van der Waals surface area contributed by atoms with Crippen molar-refractivity contribution < 1.29 is 33.4 Å². The third kappa shape index (κ3) is 8.65. The van der Waals surface area contributed by atoms with E-state index in [1.165, 1.54) is 12.0 Å². The highest BCUT2D eigenvalue weighted by Crippen LogP contribution is 2.26. The Morgan fingerprint density at radius 1 is 1.19 bits per heavy atom. The Kier molecular flexibility index (Phi) is 10.8. The van der Waals surface area contributed by atoms with Gasteiger partial charge in [0.2, 0.25) is 11.8 Å². The fourth-order valence-electron chi connectivity index (χ4n) is 4.08. The maximum Gasteiger partial charge on any atom is 0.411 e. The lowest BCUT2D eigenvalue weighted by Crippen LogP contribution is -2.64. The smallest absolute Gasteiger partial charge is 0.411 e. The van der Waals surface area contributed by atoms with Gasteiger partial charge in [-0.05, 0) is 51.7 Å². The Bertz CT molecular complexity index is 958. The van der Waals surface area contributed by atoms with E-state index >= 15 is 0 Å². The summed E-state index contributed by atoms with van der Waals surface area (Å²) in [6, 6.07) is 3.47. The minimum Gasteiger partial charge on any atom is -0.497 e. The van der Waals surface area contributed by atoms with Crippen molar-refractivity contribution in [1.29, 1.82) is 0 Å². The van der Waals surface area contributed by atoms with E-state index < -0.39 is 23.8 Å². The molecule has 1 heterocycles. The molecular formula is C27H41N3O7. The van der Waals surface area contributed by atoms with Crippen molar-refractivity contribution >= 4 is 24.2 Å². The lowest BCUT2D eigenvalue weighted by Gasteiger charge is -2.44. The van der Waals surface area contributed by atoms with Crippen LogP contribution in [0.1, 0.15) is 59.4 Å². The summed E-state index contributed by atoms with van der Waals surface area (Å²) in [5, 5.41) is 2.84. The third-order valence-corrected chi connectivity index (χ3v) is 6.05. The van der Waals surface area contributed by atoms with Gasteiger partial charge in [-0.25, -0.2) is 4.79 Å². The standard InChI is InChI=1S/C27H41N3O7/c1-18(2)12-13-29-16-20(17-31)30(26(34)37-27(3,4)5)22(25(29)33)10-11-24(32)28-15-19-8-9-21(35-6)14-23(19)36-7/h8-9,14,17-18,20,22H,10-13,15-16H2,1-7H3,(H,28,32)/t20-,22+/m1/s1. The van der Waals surface area contributed by atoms with Crippen LogP contribution in [-0.4, -0.2) is 79.0 Å². The highest BCUT2D eigenvalue weighted by Gasteiger charge is 2.44. The molecule has 0 radical (unpaired) electrons. The molecule has 1 aromatic carbocycles. The van der Waals surface area contributed by atoms with Gasteiger partial charge in [-0.3, -0.25) is 14.5 Å². The molecule has 10 heteroatoms. The Labute approximate surface area is 219 Å². The summed E-state index contributed by atoms with van der Waals surface area (Å²) in [6.45, 7) is 10.1. The predicted molar refractivity (Wildman–Crippen MR) is 138 cm³/mol. The highest BCUT2D eigenvalue weighted by molar-refractivity contribution is 5.90. The van der Waals surface area contributed by atoms with Crippen LogP contribution in [0.4, 0.5) is 4.79 Å². The van der Waals surface area contributed by atoms with E-state index in [-0.39, 0.29) is 37.7 Å². The summed E-state index contributed by atoms with van der Waals surface area (Å²) in [4.78, 5) is 54.0. The third-order valence-electron chi connectivity index (χ3n) is 6.05. The average Bonchev–Trinajstić information content (AvgIpc) is 2.84. The van der Waals surface area contributed by atoms with Crippen molar-refractivity contribution in [3.05, 3.63) is 23.8 Å². The number of piperazine rings is 1. The molecule has 0 aromatic heterocycles. The lowest BCUT2D eigenvalue weighted by molar-refractivity contribution is -0.146. The molecule has 2 rings (SSSR count). The number of carbonyl (C=O) groups is 4. The van der Waals surface area contributed by atoms with Gasteiger partial charge in [0.15, 0.2) is 0 Å². The number of benzene rings is 1. The van der Waals surface area contributed by atoms with Crippen LogP contribution in [0.5, 0.6) is 11.5 Å². The van der Waals surface area contributed by atoms with E-state index in [1.807, 2.05) is 0 Å². The number of ether oxygens (including phenoxy) is 3. The monoisotopic (exact) mass is 519 g/mol. The van der Waals surface area contributed by atoms with E-state index in [2.05, 4.69) is 19.2 Å². The van der Waals surface area contributed by atoms with Gasteiger partial charge in [-0.2, -0.15) is 0 Å². The molecule has 0 unspecified atom stereocenters. The SMILES string of the molecule is COc1ccc(CNC(=O)CC[C@H]2C(=O)N(CCC(C)C)C[C@H](C=O)N2C(=O)OC(C)(C)C)c(OC)c1. The van der Waals surface area contributed by atoms with E-state index in [0.29, 0.717) is 30.2 Å². The first-order valence-corrected chi connectivity index (χ1v) is 12.6. The molecule has 10 nitrogen and oxygen atoms in total. The van der Waals surface area contributed by atoms with Crippen LogP contribution < -0.4 is 14.8 Å². The first-order valence-electron chi connectivity index (χ1n) is 12.6. The molecule has 3 amide bonds. The Balaban J connectivity index is 2.15. The molecule has 206 valence electrons. The minimum atomic E-state index is -0.979. The zero-order valence-electron chi connectivity index (χ0n) is 23.0. The molecule has 1 aromatic rings. The molecule has 1 aliphatic heterocycles. The van der Waals surface area contributed by atoms with Crippen LogP contribution in [0.3, 0.4) is 0 Å². The second kappa shape index (κ2) is 13.3. The van der Waals surface area contributed by atoms with Crippen LogP contribution in [-0.2, 0) is 25.7 Å². The van der Waals surface area contributed by atoms with Crippen molar-refractivity contribution in [1.82, 2.24) is 15.1 Å². The highest BCUT2D eigenvalue weighted by atomic mass is 16.6. The molecule has 0 spiro atoms. The number of hydrogen-bond acceptors (Lipinski definition) is 7. The maximum absolute atomic E-state index is 13.4. The van der Waals surface area contributed by atoms with Crippen LogP contribution in [0.15, 0.2) is 18.2 Å². The summed E-state index contributed by atoms with van der Waals surface area (Å²) in [5.41, 5.74) is -0.0385. The molecule has 2 atom stereocenters. The van der Waals surface area contributed by atoms with Crippen molar-refractivity contribution in [2.45, 2.75) is 78.1 Å².